The van der Waals surface area contributed by atoms with E-state index < -0.39 is 0 Å². The summed E-state index contributed by atoms with van der Waals surface area (Å²) in [5, 5.41) is 0. The lowest BCUT2D eigenvalue weighted by molar-refractivity contribution is 0.559. The maximum absolute atomic E-state index is 5.83. The fourth-order valence-electron chi connectivity index (χ4n) is 2.05. The van der Waals surface area contributed by atoms with Crippen LogP contribution in [0.1, 0.15) is 32.8 Å². The normalized spacial score (nSPS) is 14.3. The van der Waals surface area contributed by atoms with Crippen molar-refractivity contribution in [3.63, 3.8) is 0 Å². The number of hydrogen-bond donors (Lipinski definition) is 1. The fourth-order valence-corrected chi connectivity index (χ4v) is 2.78. The Kier molecular flexibility index (Phi) is 6.16. The molecule has 2 unspecified atom stereocenters. The van der Waals surface area contributed by atoms with Crippen molar-refractivity contribution in [3.05, 3.63) is 28.2 Å². The van der Waals surface area contributed by atoms with E-state index in [1.807, 2.05) is 6.92 Å². The van der Waals surface area contributed by atoms with Crippen molar-refractivity contribution in [2.75, 3.05) is 18.5 Å². The third-order valence-corrected chi connectivity index (χ3v) is 3.90. The van der Waals surface area contributed by atoms with Gasteiger partial charge in [-0.25, -0.2) is 0 Å². The highest BCUT2D eigenvalue weighted by molar-refractivity contribution is 9.10. The van der Waals surface area contributed by atoms with Crippen LogP contribution in [0.4, 0.5) is 5.69 Å². The van der Waals surface area contributed by atoms with Gasteiger partial charge in [0, 0.05) is 24.1 Å². The molecule has 0 aromatic heterocycles. The first-order valence-corrected chi connectivity index (χ1v) is 7.48. The Morgan fingerprint density at radius 1 is 1.33 bits per heavy atom. The van der Waals surface area contributed by atoms with E-state index >= 15 is 0 Å². The molecule has 0 aliphatic heterocycles. The van der Waals surface area contributed by atoms with Crippen LogP contribution < -0.4 is 10.6 Å². The van der Waals surface area contributed by atoms with Crippen LogP contribution in [-0.4, -0.2) is 19.6 Å². The van der Waals surface area contributed by atoms with Gasteiger partial charge >= 0.3 is 0 Å². The maximum Gasteiger partial charge on any atom is 0.0508 e. The van der Waals surface area contributed by atoms with Crippen molar-refractivity contribution >= 4 is 21.6 Å². The van der Waals surface area contributed by atoms with Crippen molar-refractivity contribution in [3.8, 4) is 0 Å². The quantitative estimate of drug-likeness (QED) is 0.865. The van der Waals surface area contributed by atoms with Gasteiger partial charge in [0.15, 0.2) is 0 Å². The second kappa shape index (κ2) is 7.15. The molecule has 102 valence electrons. The standard InChI is InChI=1S/C15H25BrN2/c1-5-11(2)10-18(4)15-7-6-13(8-12(3)17)9-14(15)16/h6-7,9,11-12H,5,8,10,17H2,1-4H3. The topological polar surface area (TPSA) is 29.3 Å². The summed E-state index contributed by atoms with van der Waals surface area (Å²) in [6.07, 6.45) is 2.14. The monoisotopic (exact) mass is 312 g/mol. The molecular weight excluding hydrogens is 288 g/mol. The molecule has 0 spiro atoms. The van der Waals surface area contributed by atoms with Crippen LogP contribution in [0.3, 0.4) is 0 Å². The van der Waals surface area contributed by atoms with Crippen LogP contribution >= 0.6 is 15.9 Å². The molecule has 18 heavy (non-hydrogen) atoms. The zero-order chi connectivity index (χ0) is 13.7. The lowest BCUT2D eigenvalue weighted by atomic mass is 10.1. The number of halogens is 1. The summed E-state index contributed by atoms with van der Waals surface area (Å²) in [5.41, 5.74) is 8.37. The second-order valence-corrected chi connectivity index (χ2v) is 6.22. The van der Waals surface area contributed by atoms with Gasteiger partial charge in [-0.1, -0.05) is 26.3 Å². The molecule has 0 radical (unpaired) electrons. The zero-order valence-corrected chi connectivity index (χ0v) is 13.5. The van der Waals surface area contributed by atoms with Gasteiger partial charge in [0.05, 0.1) is 5.69 Å². The predicted octanol–water partition coefficient (Wildman–Crippen LogP) is 3.82. The third-order valence-electron chi connectivity index (χ3n) is 3.26. The largest absolute Gasteiger partial charge is 0.373 e. The van der Waals surface area contributed by atoms with Crippen molar-refractivity contribution in [1.82, 2.24) is 0 Å². The Balaban J connectivity index is 2.78. The van der Waals surface area contributed by atoms with E-state index in [2.05, 4.69) is 59.9 Å². The Labute approximate surface area is 120 Å². The number of benzene rings is 1. The molecule has 0 fully saturated rings. The van der Waals surface area contributed by atoms with Gasteiger partial charge in [0.2, 0.25) is 0 Å². The van der Waals surface area contributed by atoms with E-state index in [4.69, 9.17) is 5.73 Å². The first-order valence-electron chi connectivity index (χ1n) is 6.69. The first kappa shape index (κ1) is 15.5. The molecule has 1 aromatic carbocycles. The summed E-state index contributed by atoms with van der Waals surface area (Å²) in [6, 6.07) is 6.76. The third kappa shape index (κ3) is 4.62. The van der Waals surface area contributed by atoms with Crippen LogP contribution in [0.15, 0.2) is 22.7 Å². The van der Waals surface area contributed by atoms with Gasteiger partial charge in [-0.2, -0.15) is 0 Å². The zero-order valence-electron chi connectivity index (χ0n) is 11.9. The molecule has 1 aromatic rings. The van der Waals surface area contributed by atoms with E-state index in [9.17, 15) is 0 Å². The van der Waals surface area contributed by atoms with Gasteiger partial charge < -0.3 is 10.6 Å². The average Bonchev–Trinajstić information content (AvgIpc) is 2.27. The summed E-state index contributed by atoms with van der Waals surface area (Å²) < 4.78 is 1.16. The van der Waals surface area contributed by atoms with Gasteiger partial charge in [0.25, 0.3) is 0 Å². The van der Waals surface area contributed by atoms with Gasteiger partial charge in [-0.3, -0.25) is 0 Å². The summed E-state index contributed by atoms with van der Waals surface area (Å²) >= 11 is 3.67. The van der Waals surface area contributed by atoms with Gasteiger partial charge in [-0.05, 0) is 52.9 Å². The Bertz CT molecular complexity index is 377. The van der Waals surface area contributed by atoms with Crippen molar-refractivity contribution < 1.29 is 0 Å². The average molecular weight is 313 g/mol. The number of hydrogen-bond acceptors (Lipinski definition) is 2. The number of anilines is 1. The Morgan fingerprint density at radius 3 is 2.50 bits per heavy atom. The SMILES string of the molecule is CCC(C)CN(C)c1ccc(CC(C)N)cc1Br. The van der Waals surface area contributed by atoms with E-state index in [0.29, 0.717) is 5.92 Å². The Morgan fingerprint density at radius 2 is 2.00 bits per heavy atom. The Hall–Kier alpha value is -0.540. The molecule has 0 saturated carbocycles. The number of nitrogens with two attached hydrogens (primary N) is 1. The van der Waals surface area contributed by atoms with Crippen LogP contribution in [0.2, 0.25) is 0 Å². The second-order valence-electron chi connectivity index (χ2n) is 5.36. The van der Waals surface area contributed by atoms with Crippen molar-refractivity contribution in [2.45, 2.75) is 39.7 Å². The van der Waals surface area contributed by atoms with Crippen LogP contribution in [0, 0.1) is 5.92 Å². The summed E-state index contributed by atoms with van der Waals surface area (Å²) in [4.78, 5) is 2.31. The van der Waals surface area contributed by atoms with Crippen LogP contribution in [0.25, 0.3) is 0 Å². The maximum atomic E-state index is 5.83. The minimum Gasteiger partial charge on any atom is -0.373 e. The smallest absolute Gasteiger partial charge is 0.0508 e. The molecule has 2 atom stereocenters. The predicted molar refractivity (Wildman–Crippen MR) is 84.2 cm³/mol. The summed E-state index contributed by atoms with van der Waals surface area (Å²) in [5.74, 6) is 0.714. The molecule has 0 amide bonds. The molecule has 2 nitrogen and oxygen atoms in total. The fraction of sp³-hybridized carbons (Fsp3) is 0.600. The number of nitrogens with zero attached hydrogens (tertiary/aromatic N) is 1. The van der Waals surface area contributed by atoms with E-state index in [1.54, 1.807) is 0 Å². The van der Waals surface area contributed by atoms with Crippen LogP contribution in [-0.2, 0) is 6.42 Å². The van der Waals surface area contributed by atoms with E-state index in [0.717, 1.165) is 17.4 Å². The molecule has 1 rings (SSSR count). The molecule has 0 aliphatic carbocycles. The highest BCUT2D eigenvalue weighted by Gasteiger charge is 2.10. The molecule has 0 bridgehead atoms. The van der Waals surface area contributed by atoms with E-state index in [1.165, 1.54) is 17.7 Å². The molecule has 2 N–H and O–H groups in total. The molecule has 3 heteroatoms. The molecule has 0 saturated heterocycles. The van der Waals surface area contributed by atoms with Crippen molar-refractivity contribution in [1.29, 1.82) is 0 Å². The number of rotatable bonds is 6. The molecular formula is C15H25BrN2. The molecule has 0 aliphatic rings. The van der Waals surface area contributed by atoms with Crippen LogP contribution in [0.5, 0.6) is 0 Å². The first-order chi connectivity index (χ1) is 8.43. The van der Waals surface area contributed by atoms with E-state index in [-0.39, 0.29) is 6.04 Å². The summed E-state index contributed by atoms with van der Waals surface area (Å²) in [6.45, 7) is 7.65. The summed E-state index contributed by atoms with van der Waals surface area (Å²) in [7, 11) is 2.15. The van der Waals surface area contributed by atoms with Gasteiger partial charge in [0.1, 0.15) is 0 Å². The lowest BCUT2D eigenvalue weighted by Gasteiger charge is -2.24. The van der Waals surface area contributed by atoms with Gasteiger partial charge in [-0.15, -0.1) is 0 Å². The highest BCUT2D eigenvalue weighted by Crippen LogP contribution is 2.27. The van der Waals surface area contributed by atoms with Crippen molar-refractivity contribution in [2.24, 2.45) is 11.7 Å². The minimum absolute atomic E-state index is 0.209. The lowest BCUT2D eigenvalue weighted by Crippen LogP contribution is -2.24. The minimum atomic E-state index is 0.209. The molecule has 0 heterocycles. The highest BCUT2D eigenvalue weighted by atomic mass is 79.9.